The number of aromatic nitrogens is 2. The van der Waals surface area contributed by atoms with Crippen LogP contribution in [0.15, 0.2) is 42.9 Å². The highest BCUT2D eigenvalue weighted by atomic mass is 15.1. The molecule has 1 aromatic carbocycles. The second kappa shape index (κ2) is 5.41. The molecule has 2 heterocycles. The number of nitrogens with one attached hydrogen (secondary N) is 1. The highest BCUT2D eigenvalue weighted by Crippen LogP contribution is 2.31. The first-order valence-corrected chi connectivity index (χ1v) is 7.45. The second-order valence-corrected chi connectivity index (χ2v) is 6.23. The first kappa shape index (κ1) is 13.4. The zero-order valence-corrected chi connectivity index (χ0v) is 12.3. The molecule has 1 N–H and O–H groups in total. The molecule has 1 aromatic heterocycles. The number of hydrogen-bond acceptors (Lipinski definition) is 2. The molecule has 0 saturated carbocycles. The van der Waals surface area contributed by atoms with Crippen LogP contribution in [0.3, 0.4) is 0 Å². The maximum atomic E-state index is 4.39. The first-order chi connectivity index (χ1) is 9.69. The van der Waals surface area contributed by atoms with Gasteiger partial charge in [0.05, 0.1) is 6.33 Å². The van der Waals surface area contributed by atoms with Crippen molar-refractivity contribution in [2.24, 2.45) is 0 Å². The summed E-state index contributed by atoms with van der Waals surface area (Å²) in [7, 11) is 0. The van der Waals surface area contributed by atoms with Gasteiger partial charge in [-0.05, 0) is 24.4 Å². The normalized spacial score (nSPS) is 23.9. The van der Waals surface area contributed by atoms with E-state index in [0.717, 1.165) is 19.6 Å². The number of imidazole rings is 1. The van der Waals surface area contributed by atoms with E-state index in [9.17, 15) is 0 Å². The molecule has 20 heavy (non-hydrogen) atoms. The fourth-order valence-corrected chi connectivity index (χ4v) is 3.19. The van der Waals surface area contributed by atoms with Crippen molar-refractivity contribution in [1.29, 1.82) is 0 Å². The summed E-state index contributed by atoms with van der Waals surface area (Å²) in [4.78, 5) is 4.39. The van der Waals surface area contributed by atoms with Gasteiger partial charge in [-0.25, -0.2) is 4.98 Å². The van der Waals surface area contributed by atoms with Crippen LogP contribution in [0.1, 0.15) is 37.4 Å². The quantitative estimate of drug-likeness (QED) is 0.925. The molecule has 3 nitrogen and oxygen atoms in total. The standard InChI is InChI=1S/C17H23N3/c1-14(15-6-4-3-5-7-15)11-20-13-19-10-16(20)17(2)8-9-18-12-17/h3-7,10,13-14,18H,8-9,11-12H2,1-2H3. The van der Waals surface area contributed by atoms with Crippen molar-refractivity contribution in [2.75, 3.05) is 13.1 Å². The molecule has 3 heteroatoms. The fraction of sp³-hybridized carbons (Fsp3) is 0.471. The monoisotopic (exact) mass is 269 g/mol. The Balaban J connectivity index is 1.80. The average molecular weight is 269 g/mol. The molecule has 2 unspecified atom stereocenters. The van der Waals surface area contributed by atoms with Gasteiger partial charge in [0.25, 0.3) is 0 Å². The summed E-state index contributed by atoms with van der Waals surface area (Å²) in [5.41, 5.74) is 2.99. The molecule has 0 bridgehead atoms. The Morgan fingerprint density at radius 1 is 1.35 bits per heavy atom. The Morgan fingerprint density at radius 2 is 2.15 bits per heavy atom. The molecular weight excluding hydrogens is 246 g/mol. The van der Waals surface area contributed by atoms with Crippen molar-refractivity contribution < 1.29 is 0 Å². The molecule has 1 fully saturated rings. The minimum atomic E-state index is 0.229. The van der Waals surface area contributed by atoms with Gasteiger partial charge in [0, 0.05) is 30.4 Å². The summed E-state index contributed by atoms with van der Waals surface area (Å²) in [6.45, 7) is 7.78. The van der Waals surface area contributed by atoms with Crippen molar-refractivity contribution in [3.63, 3.8) is 0 Å². The molecule has 106 valence electrons. The van der Waals surface area contributed by atoms with Gasteiger partial charge in [0.15, 0.2) is 0 Å². The minimum Gasteiger partial charge on any atom is -0.333 e. The van der Waals surface area contributed by atoms with Crippen LogP contribution >= 0.6 is 0 Å². The van der Waals surface area contributed by atoms with E-state index in [2.05, 4.69) is 59.0 Å². The lowest BCUT2D eigenvalue weighted by Gasteiger charge is -2.25. The van der Waals surface area contributed by atoms with Crippen LogP contribution in [0.5, 0.6) is 0 Å². The van der Waals surface area contributed by atoms with Crippen molar-refractivity contribution in [1.82, 2.24) is 14.9 Å². The predicted molar refractivity (Wildman–Crippen MR) is 81.9 cm³/mol. The zero-order chi connectivity index (χ0) is 14.0. The predicted octanol–water partition coefficient (Wildman–Crippen LogP) is 2.94. The van der Waals surface area contributed by atoms with Gasteiger partial charge in [-0.1, -0.05) is 44.2 Å². The Morgan fingerprint density at radius 3 is 2.85 bits per heavy atom. The van der Waals surface area contributed by atoms with Crippen molar-refractivity contribution >= 4 is 0 Å². The lowest BCUT2D eigenvalue weighted by Crippen LogP contribution is -2.28. The number of rotatable bonds is 4. The van der Waals surface area contributed by atoms with Gasteiger partial charge in [0.2, 0.25) is 0 Å². The third-order valence-corrected chi connectivity index (χ3v) is 4.54. The van der Waals surface area contributed by atoms with Crippen LogP contribution in [-0.2, 0) is 12.0 Å². The second-order valence-electron chi connectivity index (χ2n) is 6.23. The highest BCUT2D eigenvalue weighted by Gasteiger charge is 2.33. The van der Waals surface area contributed by atoms with Gasteiger partial charge in [-0.3, -0.25) is 0 Å². The molecule has 3 rings (SSSR count). The Bertz CT molecular complexity index is 553. The maximum absolute atomic E-state index is 4.39. The molecule has 2 atom stereocenters. The number of nitrogens with zero attached hydrogens (tertiary/aromatic N) is 2. The largest absolute Gasteiger partial charge is 0.333 e. The Kier molecular flexibility index (Phi) is 3.62. The molecule has 0 radical (unpaired) electrons. The summed E-state index contributed by atoms with van der Waals surface area (Å²) >= 11 is 0. The summed E-state index contributed by atoms with van der Waals surface area (Å²) in [6, 6.07) is 10.7. The molecule has 1 aliphatic rings. The van der Waals surface area contributed by atoms with Gasteiger partial charge < -0.3 is 9.88 Å². The number of benzene rings is 1. The molecular formula is C17H23N3. The highest BCUT2D eigenvalue weighted by molar-refractivity contribution is 5.21. The summed E-state index contributed by atoms with van der Waals surface area (Å²) in [6.07, 6.45) is 5.22. The zero-order valence-electron chi connectivity index (χ0n) is 12.3. The maximum Gasteiger partial charge on any atom is 0.0948 e. The molecule has 0 amide bonds. The van der Waals surface area contributed by atoms with E-state index >= 15 is 0 Å². The lowest BCUT2D eigenvalue weighted by atomic mass is 9.86. The number of hydrogen-bond donors (Lipinski definition) is 1. The molecule has 2 aromatic rings. The van der Waals surface area contributed by atoms with E-state index in [1.54, 1.807) is 0 Å². The van der Waals surface area contributed by atoms with Crippen molar-refractivity contribution in [3.8, 4) is 0 Å². The van der Waals surface area contributed by atoms with Crippen LogP contribution in [0, 0.1) is 0 Å². The molecule has 0 spiro atoms. The molecule has 0 aliphatic carbocycles. The smallest absolute Gasteiger partial charge is 0.0948 e. The minimum absolute atomic E-state index is 0.229. The fourth-order valence-electron chi connectivity index (χ4n) is 3.19. The third-order valence-electron chi connectivity index (χ3n) is 4.54. The lowest BCUT2D eigenvalue weighted by molar-refractivity contribution is 0.459. The van der Waals surface area contributed by atoms with E-state index in [-0.39, 0.29) is 5.41 Å². The summed E-state index contributed by atoms with van der Waals surface area (Å²) in [5, 5.41) is 3.47. The van der Waals surface area contributed by atoms with Gasteiger partial charge in [0.1, 0.15) is 0 Å². The molecule has 1 saturated heterocycles. The van der Waals surface area contributed by atoms with Gasteiger partial charge in [-0.15, -0.1) is 0 Å². The van der Waals surface area contributed by atoms with E-state index in [0.29, 0.717) is 5.92 Å². The van der Waals surface area contributed by atoms with Gasteiger partial charge >= 0.3 is 0 Å². The van der Waals surface area contributed by atoms with E-state index in [1.807, 2.05) is 12.5 Å². The third kappa shape index (κ3) is 2.50. The summed E-state index contributed by atoms with van der Waals surface area (Å²) in [5.74, 6) is 0.502. The topological polar surface area (TPSA) is 29.9 Å². The average Bonchev–Trinajstić information content (AvgIpc) is 3.10. The van der Waals surface area contributed by atoms with Crippen LogP contribution < -0.4 is 5.32 Å². The first-order valence-electron chi connectivity index (χ1n) is 7.45. The Labute approximate surface area is 121 Å². The Hall–Kier alpha value is -1.61. The van der Waals surface area contributed by atoms with Crippen molar-refractivity contribution in [2.45, 2.75) is 38.1 Å². The SMILES string of the molecule is CC(Cn1cncc1C1(C)CCNC1)c1ccccc1. The van der Waals surface area contributed by atoms with E-state index < -0.39 is 0 Å². The van der Waals surface area contributed by atoms with Crippen LogP contribution in [-0.4, -0.2) is 22.6 Å². The van der Waals surface area contributed by atoms with E-state index in [4.69, 9.17) is 0 Å². The molecule has 1 aliphatic heterocycles. The van der Waals surface area contributed by atoms with Crippen molar-refractivity contribution in [3.05, 3.63) is 54.1 Å². The van der Waals surface area contributed by atoms with Gasteiger partial charge in [-0.2, -0.15) is 0 Å². The van der Waals surface area contributed by atoms with Crippen LogP contribution in [0.4, 0.5) is 0 Å². The van der Waals surface area contributed by atoms with Crippen LogP contribution in [0.25, 0.3) is 0 Å². The van der Waals surface area contributed by atoms with E-state index in [1.165, 1.54) is 17.7 Å². The summed E-state index contributed by atoms with van der Waals surface area (Å²) < 4.78 is 2.34. The van der Waals surface area contributed by atoms with Crippen LogP contribution in [0.2, 0.25) is 0 Å².